The highest BCUT2D eigenvalue weighted by molar-refractivity contribution is 7.47. The van der Waals surface area contributed by atoms with Crippen LogP contribution in [0.4, 0.5) is 0 Å². The van der Waals surface area contributed by atoms with E-state index in [1.807, 2.05) is 0 Å². The number of carbonyl (C=O) groups is 3. The van der Waals surface area contributed by atoms with Gasteiger partial charge in [-0.25, -0.2) is 9.13 Å². The van der Waals surface area contributed by atoms with Crippen molar-refractivity contribution in [2.24, 2.45) is 0 Å². The lowest BCUT2D eigenvalue weighted by atomic mass is 10.1. The summed E-state index contributed by atoms with van der Waals surface area (Å²) in [6.45, 7) is 2.58. The molecule has 5 unspecified atom stereocenters. The largest absolute Gasteiger partial charge is 0.472 e. The summed E-state index contributed by atoms with van der Waals surface area (Å²) >= 11 is 0. The summed E-state index contributed by atoms with van der Waals surface area (Å²) in [6.07, 6.45) is 55.7. The van der Waals surface area contributed by atoms with Gasteiger partial charge < -0.3 is 34.2 Å². The summed E-state index contributed by atoms with van der Waals surface area (Å²) in [7, 11) is -9.76. The molecule has 0 aromatic heterocycles. The zero-order valence-electron chi connectivity index (χ0n) is 50.7. The van der Waals surface area contributed by atoms with Gasteiger partial charge in [0.25, 0.3) is 0 Å². The highest BCUT2D eigenvalue weighted by Crippen LogP contribution is 2.45. The first-order valence-electron chi connectivity index (χ1n) is 31.6. The van der Waals surface area contributed by atoms with Crippen LogP contribution < -0.4 is 0 Å². The van der Waals surface area contributed by atoms with Crippen molar-refractivity contribution in [3.63, 3.8) is 0 Å². The molecule has 0 fully saturated rings. The molecule has 0 aliphatic rings. The van der Waals surface area contributed by atoms with Gasteiger partial charge in [-0.2, -0.15) is 0 Å². The van der Waals surface area contributed by atoms with Crippen molar-refractivity contribution < 1.29 is 75.8 Å². The molecule has 0 aliphatic heterocycles. The maximum absolute atomic E-state index is 12.8. The van der Waals surface area contributed by atoms with Crippen LogP contribution in [0.3, 0.4) is 0 Å². The fraction of sp³-hybridized carbons (Fsp3) is 0.794. The molecule has 0 aliphatic carbocycles. The van der Waals surface area contributed by atoms with E-state index in [-0.39, 0.29) is 19.3 Å². The minimum atomic E-state index is -4.91. The Kier molecular flexibility index (Phi) is 55.7. The van der Waals surface area contributed by atoms with Gasteiger partial charge in [-0.3, -0.25) is 32.5 Å². The highest BCUT2D eigenvalue weighted by atomic mass is 31.2. The Balaban J connectivity index is 4.57. The monoisotopic (exact) mass is 1190 g/mol. The molecule has 0 radical (unpaired) electrons. The lowest BCUT2D eigenvalue weighted by molar-refractivity contribution is -0.161. The molecule has 0 spiro atoms. The molecule has 81 heavy (non-hydrogen) atoms. The van der Waals surface area contributed by atoms with E-state index in [1.54, 1.807) is 0 Å². The maximum Gasteiger partial charge on any atom is 0.472 e. The van der Waals surface area contributed by atoms with E-state index in [1.165, 1.54) is 89.9 Å². The van der Waals surface area contributed by atoms with Crippen molar-refractivity contribution in [3.8, 4) is 0 Å². The molecular weight excluding hydrogens is 1070 g/mol. The molecule has 0 bridgehead atoms. The van der Waals surface area contributed by atoms with Gasteiger partial charge in [0.1, 0.15) is 25.4 Å². The Morgan fingerprint density at radius 3 is 1.02 bits per heavy atom. The van der Waals surface area contributed by atoms with Gasteiger partial charge in [0.05, 0.1) is 26.4 Å². The highest BCUT2D eigenvalue weighted by Gasteiger charge is 2.29. The Morgan fingerprint density at radius 1 is 0.346 bits per heavy atom. The average molecular weight is 1190 g/mol. The van der Waals surface area contributed by atoms with Gasteiger partial charge in [-0.05, 0) is 89.9 Å². The number of carbonyl (C=O) groups excluding carboxylic acids is 3. The molecule has 16 nitrogen and oxygen atoms in total. The summed E-state index contributed by atoms with van der Waals surface area (Å²) in [5, 5.41) is 20.5. The van der Waals surface area contributed by atoms with Gasteiger partial charge in [0, 0.05) is 19.3 Å². The van der Waals surface area contributed by atoms with Crippen molar-refractivity contribution in [2.75, 3.05) is 39.6 Å². The second kappa shape index (κ2) is 57.7. The fourth-order valence-electron chi connectivity index (χ4n) is 8.31. The smallest absolute Gasteiger partial charge is 0.463 e. The number of unbranched alkanes of at least 4 members (excludes halogenated alkanes) is 27. The number of ether oxygens (including phenoxy) is 3. The summed E-state index contributed by atoms with van der Waals surface area (Å²) in [4.78, 5) is 58.1. The molecule has 0 saturated heterocycles. The Morgan fingerprint density at radius 2 is 0.617 bits per heavy atom. The fourth-order valence-corrected chi connectivity index (χ4v) is 9.90. The summed E-state index contributed by atoms with van der Waals surface area (Å²) in [6, 6.07) is 0. The van der Waals surface area contributed by atoms with Crippen molar-refractivity contribution in [3.05, 3.63) is 60.8 Å². The quantitative estimate of drug-likeness (QED) is 0.0146. The zero-order valence-corrected chi connectivity index (χ0v) is 52.5. The number of aliphatic hydroxyl groups is 2. The lowest BCUT2D eigenvalue weighted by Crippen LogP contribution is -2.30. The first kappa shape index (κ1) is 78.2. The number of hydrogen-bond acceptors (Lipinski definition) is 14. The standard InChI is InChI=1S/C63H114O16P2/c1-4-7-10-13-16-19-22-24-25-26-27-28-29-30-31-33-36-37-40-43-46-49-61(66)73-52-58(64)53-75-80(69,70)76-54-59(65)55-77-81(71,72)78-57-60(79-63(68)51-48-45-42-39-34-21-18-15-12-9-6-3)56-74-62(67)50-47-44-41-38-35-32-23-20-17-14-11-8-5-2/h16,19-20,23-25,27-28,30-31,58-60,64-65H,4-15,17-18,21-22,26,29,32-57H2,1-3H3,(H,69,70)(H,71,72)/b19-16-,23-20-,25-24-,28-27-,31-30-. The van der Waals surface area contributed by atoms with Crippen LogP contribution in [0.5, 0.6) is 0 Å². The van der Waals surface area contributed by atoms with Gasteiger partial charge in [-0.1, -0.05) is 216 Å². The third-order valence-corrected chi connectivity index (χ3v) is 15.1. The van der Waals surface area contributed by atoms with E-state index in [0.717, 1.165) is 116 Å². The summed E-state index contributed by atoms with van der Waals surface area (Å²) < 4.78 is 60.6. The lowest BCUT2D eigenvalue weighted by Gasteiger charge is -2.21. The second-order valence-electron chi connectivity index (χ2n) is 21.2. The van der Waals surface area contributed by atoms with E-state index in [0.29, 0.717) is 19.3 Å². The van der Waals surface area contributed by atoms with Crippen molar-refractivity contribution in [1.29, 1.82) is 0 Å². The molecule has 472 valence electrons. The van der Waals surface area contributed by atoms with Crippen molar-refractivity contribution in [1.82, 2.24) is 0 Å². The molecule has 5 atom stereocenters. The van der Waals surface area contributed by atoms with E-state index < -0.39 is 91.5 Å². The molecule has 0 amide bonds. The van der Waals surface area contributed by atoms with Crippen LogP contribution >= 0.6 is 15.6 Å². The number of phosphoric acid groups is 2. The molecule has 4 N–H and O–H groups in total. The van der Waals surface area contributed by atoms with E-state index in [9.17, 15) is 43.5 Å². The SMILES string of the molecule is CCCCC/C=C\C/C=C\C/C=C\C/C=C\CCCCCCCC(=O)OCC(O)COP(=O)(O)OCC(O)COP(=O)(O)OCC(COC(=O)CCCCCCC/C=C\CCCCCC)OC(=O)CCCCCCCCCCCCC. The van der Waals surface area contributed by atoms with Gasteiger partial charge in [-0.15, -0.1) is 0 Å². The molecule has 0 aromatic rings. The van der Waals surface area contributed by atoms with Crippen LogP contribution in [0.25, 0.3) is 0 Å². The third kappa shape index (κ3) is 58.8. The van der Waals surface area contributed by atoms with E-state index >= 15 is 0 Å². The van der Waals surface area contributed by atoms with Crippen LogP contribution in [0.2, 0.25) is 0 Å². The number of esters is 3. The number of phosphoric ester groups is 2. The number of allylic oxidation sites excluding steroid dienone is 10. The molecular formula is C63H114O16P2. The first-order chi connectivity index (χ1) is 39.2. The number of hydrogen-bond donors (Lipinski definition) is 4. The molecule has 18 heteroatoms. The van der Waals surface area contributed by atoms with Gasteiger partial charge in [0.15, 0.2) is 6.10 Å². The Labute approximate surface area is 490 Å². The second-order valence-corrected chi connectivity index (χ2v) is 24.1. The van der Waals surface area contributed by atoms with Crippen LogP contribution in [-0.4, -0.2) is 95.9 Å². The Hall–Kier alpha value is -2.75. The van der Waals surface area contributed by atoms with Crippen molar-refractivity contribution in [2.45, 2.75) is 283 Å². The Bertz CT molecular complexity index is 1730. The van der Waals surface area contributed by atoms with Crippen LogP contribution in [-0.2, 0) is 55.8 Å². The molecule has 0 rings (SSSR count). The third-order valence-electron chi connectivity index (χ3n) is 13.2. The summed E-state index contributed by atoms with van der Waals surface area (Å²) in [5.74, 6) is -1.59. The van der Waals surface area contributed by atoms with Crippen LogP contribution in [0, 0.1) is 0 Å². The predicted octanol–water partition coefficient (Wildman–Crippen LogP) is 16.6. The van der Waals surface area contributed by atoms with E-state index in [4.69, 9.17) is 32.3 Å². The van der Waals surface area contributed by atoms with Crippen molar-refractivity contribution >= 4 is 33.6 Å². The predicted molar refractivity (Wildman–Crippen MR) is 325 cm³/mol. The maximum atomic E-state index is 12.8. The molecule has 0 heterocycles. The van der Waals surface area contributed by atoms with Gasteiger partial charge in [0.2, 0.25) is 0 Å². The summed E-state index contributed by atoms with van der Waals surface area (Å²) in [5.41, 5.74) is 0. The van der Waals surface area contributed by atoms with Crippen LogP contribution in [0.15, 0.2) is 60.8 Å². The minimum Gasteiger partial charge on any atom is -0.463 e. The number of rotatable bonds is 60. The topological polar surface area (TPSA) is 231 Å². The normalized spacial score (nSPS) is 14.8. The van der Waals surface area contributed by atoms with E-state index in [2.05, 4.69) is 81.5 Å². The minimum absolute atomic E-state index is 0.107. The molecule has 0 saturated carbocycles. The number of aliphatic hydroxyl groups excluding tert-OH is 2. The average Bonchev–Trinajstić information content (AvgIpc) is 3.45. The van der Waals surface area contributed by atoms with Gasteiger partial charge >= 0.3 is 33.6 Å². The zero-order chi connectivity index (χ0) is 59.6. The molecule has 0 aromatic carbocycles. The van der Waals surface area contributed by atoms with Crippen LogP contribution in [0.1, 0.15) is 265 Å². The first-order valence-corrected chi connectivity index (χ1v) is 34.6.